The summed E-state index contributed by atoms with van der Waals surface area (Å²) in [5, 5.41) is 0. The van der Waals surface area contributed by atoms with Gasteiger partial charge >= 0.3 is 5.97 Å². The molecule has 0 aromatic heterocycles. The minimum atomic E-state index is -3.57. The summed E-state index contributed by atoms with van der Waals surface area (Å²) in [6.07, 6.45) is -0.941. The Bertz CT molecular complexity index is 1070. The average Bonchev–Trinajstić information content (AvgIpc) is 2.82. The fourth-order valence-electron chi connectivity index (χ4n) is 3.37. The van der Waals surface area contributed by atoms with Gasteiger partial charge in [0.2, 0.25) is 16.1 Å². The molecular weight excluding hydrogens is 436 g/mol. The van der Waals surface area contributed by atoms with Gasteiger partial charge < -0.3 is 19.1 Å². The van der Waals surface area contributed by atoms with Gasteiger partial charge in [-0.1, -0.05) is 26.0 Å². The third kappa shape index (κ3) is 4.86. The quantitative estimate of drug-likeness (QED) is 0.553. The highest BCUT2D eigenvalue weighted by Gasteiger charge is 2.34. The van der Waals surface area contributed by atoms with E-state index in [4.69, 9.17) is 14.2 Å². The van der Waals surface area contributed by atoms with E-state index in [2.05, 4.69) is 0 Å². The van der Waals surface area contributed by atoms with Crippen molar-refractivity contribution in [3.8, 4) is 11.5 Å². The maximum Gasteiger partial charge on any atom is 0.348 e. The molecule has 32 heavy (non-hydrogen) atoms. The van der Waals surface area contributed by atoms with Crippen LogP contribution in [0.4, 0.5) is 5.69 Å². The van der Waals surface area contributed by atoms with Gasteiger partial charge in [0.25, 0.3) is 5.91 Å². The van der Waals surface area contributed by atoms with Gasteiger partial charge in [-0.2, -0.15) is 4.31 Å². The smallest absolute Gasteiger partial charge is 0.348 e. The largest absolute Gasteiger partial charge is 0.484 e. The predicted molar refractivity (Wildman–Crippen MR) is 117 cm³/mol. The van der Waals surface area contributed by atoms with Crippen LogP contribution in [-0.4, -0.2) is 64.1 Å². The molecule has 0 saturated heterocycles. The lowest BCUT2D eigenvalue weighted by molar-refractivity contribution is -0.148. The number of carbonyl (C=O) groups is 2. The second kappa shape index (κ2) is 10.0. The van der Waals surface area contributed by atoms with Gasteiger partial charge in [0.05, 0.1) is 24.2 Å². The first-order valence-corrected chi connectivity index (χ1v) is 11.6. The topological polar surface area (TPSA) is 102 Å². The number of benzene rings is 2. The van der Waals surface area contributed by atoms with Crippen molar-refractivity contribution in [2.45, 2.75) is 24.8 Å². The highest BCUT2D eigenvalue weighted by Crippen LogP contribution is 2.33. The lowest BCUT2D eigenvalue weighted by atomic mass is 10.2. The van der Waals surface area contributed by atoms with Gasteiger partial charge in [-0.05, 0) is 36.4 Å². The minimum absolute atomic E-state index is 0.00701. The number of nitrogens with zero attached hydrogens (tertiary/aromatic N) is 2. The zero-order valence-corrected chi connectivity index (χ0v) is 19.0. The van der Waals surface area contributed by atoms with Crippen LogP contribution in [0.15, 0.2) is 53.4 Å². The number of anilines is 1. The zero-order chi connectivity index (χ0) is 23.3. The van der Waals surface area contributed by atoms with E-state index in [9.17, 15) is 18.0 Å². The van der Waals surface area contributed by atoms with E-state index in [1.807, 2.05) is 0 Å². The molecule has 0 fully saturated rings. The SMILES string of the molecule is CCN(CC)S(=O)(=O)c1ccc(OCC(=O)N2C[C@@H](C(=O)OC)Oc3ccccc32)cc1. The monoisotopic (exact) mass is 462 g/mol. The third-order valence-corrected chi connectivity index (χ3v) is 7.13. The van der Waals surface area contributed by atoms with Crippen LogP contribution in [-0.2, 0) is 24.3 Å². The fraction of sp³-hybridized carbons (Fsp3) is 0.364. The van der Waals surface area contributed by atoms with Crippen molar-refractivity contribution < 1.29 is 32.2 Å². The molecule has 2 aromatic rings. The molecular formula is C22H26N2O7S. The summed E-state index contributed by atoms with van der Waals surface area (Å²) in [6.45, 7) is 3.99. The van der Waals surface area contributed by atoms with Crippen molar-refractivity contribution in [2.75, 3.05) is 38.3 Å². The van der Waals surface area contributed by atoms with Crippen LogP contribution in [0, 0.1) is 0 Å². The van der Waals surface area contributed by atoms with Crippen LogP contribution in [0.5, 0.6) is 11.5 Å². The van der Waals surface area contributed by atoms with Crippen molar-refractivity contribution in [2.24, 2.45) is 0 Å². The summed E-state index contributed by atoms with van der Waals surface area (Å²) in [6, 6.07) is 12.8. The molecule has 0 N–H and O–H groups in total. The first-order chi connectivity index (χ1) is 15.3. The molecule has 0 unspecified atom stereocenters. The lowest BCUT2D eigenvalue weighted by Gasteiger charge is -2.33. The number of amides is 1. The van der Waals surface area contributed by atoms with Gasteiger partial charge in [0, 0.05) is 13.1 Å². The molecule has 3 rings (SSSR count). The van der Waals surface area contributed by atoms with E-state index in [0.29, 0.717) is 30.3 Å². The molecule has 0 spiro atoms. The maximum atomic E-state index is 12.9. The number of fused-ring (bicyclic) bond motifs is 1. The van der Waals surface area contributed by atoms with Crippen LogP contribution in [0.1, 0.15) is 13.8 Å². The van der Waals surface area contributed by atoms with Crippen LogP contribution in [0.3, 0.4) is 0 Å². The number of sulfonamides is 1. The van der Waals surface area contributed by atoms with Gasteiger partial charge in [-0.3, -0.25) is 4.79 Å². The minimum Gasteiger partial charge on any atom is -0.484 e. The van der Waals surface area contributed by atoms with Crippen molar-refractivity contribution in [3.05, 3.63) is 48.5 Å². The second-order valence-corrected chi connectivity index (χ2v) is 8.89. The molecule has 1 aliphatic heterocycles. The van der Waals surface area contributed by atoms with Gasteiger partial charge in [-0.25, -0.2) is 13.2 Å². The number of esters is 1. The Balaban J connectivity index is 1.71. The maximum absolute atomic E-state index is 12.9. The summed E-state index contributed by atoms with van der Waals surface area (Å²) in [4.78, 5) is 26.4. The summed E-state index contributed by atoms with van der Waals surface area (Å²) in [5.41, 5.74) is 0.530. The highest BCUT2D eigenvalue weighted by molar-refractivity contribution is 7.89. The third-order valence-electron chi connectivity index (χ3n) is 5.07. The van der Waals surface area contributed by atoms with Crippen molar-refractivity contribution >= 4 is 27.6 Å². The molecule has 1 amide bonds. The Hall–Kier alpha value is -3.11. The number of para-hydroxylation sites is 2. The van der Waals surface area contributed by atoms with E-state index in [0.717, 1.165) is 0 Å². The first kappa shape index (κ1) is 23.6. The molecule has 1 heterocycles. The van der Waals surface area contributed by atoms with Crippen LogP contribution < -0.4 is 14.4 Å². The van der Waals surface area contributed by atoms with Gasteiger partial charge in [0.1, 0.15) is 11.5 Å². The number of hydrogen-bond donors (Lipinski definition) is 0. The van der Waals surface area contributed by atoms with Gasteiger partial charge in [-0.15, -0.1) is 0 Å². The highest BCUT2D eigenvalue weighted by atomic mass is 32.2. The Morgan fingerprint density at radius 1 is 1.09 bits per heavy atom. The number of methoxy groups -OCH3 is 1. The molecule has 0 bridgehead atoms. The molecule has 0 radical (unpaired) electrons. The number of ether oxygens (including phenoxy) is 3. The Labute approximate surface area is 187 Å². The molecule has 172 valence electrons. The van der Waals surface area contributed by atoms with E-state index in [-0.39, 0.29) is 24.0 Å². The van der Waals surface area contributed by atoms with E-state index in [1.165, 1.54) is 40.6 Å². The second-order valence-electron chi connectivity index (χ2n) is 6.95. The normalized spacial score (nSPS) is 15.6. The fourth-order valence-corrected chi connectivity index (χ4v) is 4.83. The Morgan fingerprint density at radius 3 is 2.38 bits per heavy atom. The summed E-state index contributed by atoms with van der Waals surface area (Å²) < 4.78 is 42.5. The summed E-state index contributed by atoms with van der Waals surface area (Å²) in [7, 11) is -2.32. The Morgan fingerprint density at radius 2 is 1.75 bits per heavy atom. The van der Waals surface area contributed by atoms with Crippen molar-refractivity contribution in [1.29, 1.82) is 0 Å². The van der Waals surface area contributed by atoms with E-state index in [1.54, 1.807) is 38.1 Å². The zero-order valence-electron chi connectivity index (χ0n) is 18.2. The summed E-state index contributed by atoms with van der Waals surface area (Å²) in [5.74, 6) is -0.214. The van der Waals surface area contributed by atoms with Crippen LogP contribution in [0.2, 0.25) is 0 Å². The summed E-state index contributed by atoms with van der Waals surface area (Å²) >= 11 is 0. The Kier molecular flexibility index (Phi) is 7.37. The number of carbonyl (C=O) groups excluding carboxylic acids is 2. The molecule has 1 aliphatic rings. The predicted octanol–water partition coefficient (Wildman–Crippen LogP) is 2.06. The molecule has 0 saturated carbocycles. The van der Waals surface area contributed by atoms with Gasteiger partial charge in [0.15, 0.2) is 6.61 Å². The molecule has 9 nitrogen and oxygen atoms in total. The van der Waals surface area contributed by atoms with E-state index >= 15 is 0 Å². The van der Waals surface area contributed by atoms with Crippen molar-refractivity contribution in [1.82, 2.24) is 4.31 Å². The van der Waals surface area contributed by atoms with Crippen molar-refractivity contribution in [3.63, 3.8) is 0 Å². The van der Waals surface area contributed by atoms with Crippen LogP contribution in [0.25, 0.3) is 0 Å². The molecule has 1 atom stereocenters. The van der Waals surface area contributed by atoms with E-state index < -0.39 is 22.1 Å². The molecule has 0 aliphatic carbocycles. The number of hydrogen-bond acceptors (Lipinski definition) is 7. The molecule has 2 aromatic carbocycles. The number of rotatable bonds is 8. The van der Waals surface area contributed by atoms with Crippen LogP contribution >= 0.6 is 0 Å². The standard InChI is InChI=1S/C22H26N2O7S/c1-4-23(5-2)32(27,28)17-12-10-16(11-13-17)30-15-21(25)24-14-20(22(26)29-3)31-19-9-7-6-8-18(19)24/h6-13,20H,4-5,14-15H2,1-3H3/t20-/m0/s1. The average molecular weight is 463 g/mol. The molecule has 10 heteroatoms. The lowest BCUT2D eigenvalue weighted by Crippen LogP contribution is -2.48. The first-order valence-electron chi connectivity index (χ1n) is 10.2.